The molecule has 0 aliphatic carbocycles. The van der Waals surface area contributed by atoms with E-state index in [1.807, 2.05) is 42.5 Å². The maximum Gasteiger partial charge on any atom is 0.240 e. The summed E-state index contributed by atoms with van der Waals surface area (Å²) in [5.41, 5.74) is 8.05. The van der Waals surface area contributed by atoms with Gasteiger partial charge in [-0.3, -0.25) is 14.5 Å². The molecule has 2 amide bonds. The lowest BCUT2D eigenvalue weighted by molar-refractivity contribution is -0.139. The number of primary amides is 1. The molecule has 0 unspecified atom stereocenters. The van der Waals surface area contributed by atoms with Crippen LogP contribution in [-0.2, 0) is 22.6 Å². The molecule has 2 aromatic carbocycles. The Morgan fingerprint density at radius 3 is 2.44 bits per heavy atom. The predicted octanol–water partition coefficient (Wildman–Crippen LogP) is 2.85. The zero-order chi connectivity index (χ0) is 22.5. The van der Waals surface area contributed by atoms with Crippen LogP contribution in [0.1, 0.15) is 30.4 Å². The fourth-order valence-electron chi connectivity index (χ4n) is 5.19. The van der Waals surface area contributed by atoms with E-state index in [-0.39, 0.29) is 5.91 Å². The van der Waals surface area contributed by atoms with Crippen LogP contribution in [0.3, 0.4) is 0 Å². The second-order valence-electron chi connectivity index (χ2n) is 9.08. The fraction of sp³-hybridized carbons (Fsp3) is 0.462. The minimum atomic E-state index is -0.583. The molecule has 0 radical (unpaired) electrons. The van der Waals surface area contributed by atoms with E-state index in [2.05, 4.69) is 17.0 Å². The maximum atomic E-state index is 13.1. The average Bonchev–Trinajstić information content (AvgIpc) is 2.96. The standard InChI is InChI=1S/C26H33N3O3/c1-32-23-9-7-20(8-10-23)17-28-13-11-21-16-25(30)29(14-12-22(21)18-28)24(26(27)31)15-19-5-3-2-4-6-19/h2-10,21-22,24H,11-18H2,1H3,(H2,27,31)/t21-,22+,24+/m1/s1. The van der Waals surface area contributed by atoms with Crippen molar-refractivity contribution < 1.29 is 14.3 Å². The molecular formula is C26H33N3O3. The van der Waals surface area contributed by atoms with Crippen molar-refractivity contribution in [2.24, 2.45) is 17.6 Å². The lowest BCUT2D eigenvalue weighted by atomic mass is 9.82. The van der Waals surface area contributed by atoms with Crippen molar-refractivity contribution in [2.45, 2.75) is 38.3 Å². The minimum Gasteiger partial charge on any atom is -0.497 e. The van der Waals surface area contributed by atoms with Gasteiger partial charge in [0.25, 0.3) is 0 Å². The molecule has 2 saturated heterocycles. The Balaban J connectivity index is 1.40. The molecule has 0 spiro atoms. The molecule has 2 aliphatic rings. The van der Waals surface area contributed by atoms with Gasteiger partial charge in [0.15, 0.2) is 0 Å². The minimum absolute atomic E-state index is 0.0702. The summed E-state index contributed by atoms with van der Waals surface area (Å²) in [6.07, 6.45) is 2.91. The van der Waals surface area contributed by atoms with Crippen LogP contribution in [0.15, 0.2) is 54.6 Å². The van der Waals surface area contributed by atoms with Crippen LogP contribution in [-0.4, -0.2) is 54.4 Å². The van der Waals surface area contributed by atoms with Crippen LogP contribution in [0.5, 0.6) is 5.75 Å². The summed E-state index contributed by atoms with van der Waals surface area (Å²) >= 11 is 0. The smallest absolute Gasteiger partial charge is 0.240 e. The number of nitrogens with two attached hydrogens (primary N) is 1. The molecule has 170 valence electrons. The normalized spacial score (nSPS) is 22.7. The van der Waals surface area contributed by atoms with Crippen LogP contribution in [0, 0.1) is 11.8 Å². The largest absolute Gasteiger partial charge is 0.497 e. The van der Waals surface area contributed by atoms with Crippen LogP contribution < -0.4 is 10.5 Å². The number of hydrogen-bond acceptors (Lipinski definition) is 4. The van der Waals surface area contributed by atoms with Crippen molar-refractivity contribution in [3.05, 3.63) is 65.7 Å². The summed E-state index contributed by atoms with van der Waals surface area (Å²) in [7, 11) is 1.68. The highest BCUT2D eigenvalue weighted by Crippen LogP contribution is 2.34. The van der Waals surface area contributed by atoms with Gasteiger partial charge in [0.1, 0.15) is 11.8 Å². The van der Waals surface area contributed by atoms with E-state index in [4.69, 9.17) is 10.5 Å². The molecule has 0 bridgehead atoms. The molecule has 3 atom stereocenters. The van der Waals surface area contributed by atoms with Gasteiger partial charge in [-0.2, -0.15) is 0 Å². The van der Waals surface area contributed by atoms with E-state index in [1.165, 1.54) is 5.56 Å². The SMILES string of the molecule is COc1ccc(CN2CC[C@@H]3CC(=O)N([C@@H](Cc4ccccc4)C(N)=O)CC[C@H]3C2)cc1. The van der Waals surface area contributed by atoms with Gasteiger partial charge in [-0.05, 0) is 54.5 Å². The van der Waals surface area contributed by atoms with Gasteiger partial charge < -0.3 is 15.4 Å². The third kappa shape index (κ3) is 5.30. The Labute approximate surface area is 190 Å². The number of amides is 2. The summed E-state index contributed by atoms with van der Waals surface area (Å²) < 4.78 is 5.25. The van der Waals surface area contributed by atoms with E-state index in [0.29, 0.717) is 31.2 Å². The Morgan fingerprint density at radius 2 is 1.75 bits per heavy atom. The topological polar surface area (TPSA) is 75.9 Å². The third-order valence-corrected chi connectivity index (χ3v) is 7.02. The monoisotopic (exact) mass is 435 g/mol. The van der Waals surface area contributed by atoms with Crippen LogP contribution >= 0.6 is 0 Å². The molecule has 6 heteroatoms. The molecular weight excluding hydrogens is 402 g/mol. The average molecular weight is 436 g/mol. The van der Waals surface area contributed by atoms with Crippen molar-refractivity contribution >= 4 is 11.8 Å². The number of piperidine rings is 1. The lowest BCUT2D eigenvalue weighted by Gasteiger charge is -2.37. The number of rotatable bonds is 7. The second kappa shape index (κ2) is 10.2. The highest BCUT2D eigenvalue weighted by molar-refractivity contribution is 5.87. The van der Waals surface area contributed by atoms with Crippen molar-refractivity contribution in [2.75, 3.05) is 26.7 Å². The van der Waals surface area contributed by atoms with Gasteiger partial charge in [-0.1, -0.05) is 42.5 Å². The number of benzene rings is 2. The third-order valence-electron chi connectivity index (χ3n) is 7.02. The second-order valence-corrected chi connectivity index (χ2v) is 9.08. The van der Waals surface area contributed by atoms with E-state index in [0.717, 1.165) is 43.8 Å². The Kier molecular flexibility index (Phi) is 7.10. The summed E-state index contributed by atoms with van der Waals surface area (Å²) in [5, 5.41) is 0. The van der Waals surface area contributed by atoms with Gasteiger partial charge in [0.05, 0.1) is 7.11 Å². The van der Waals surface area contributed by atoms with Crippen molar-refractivity contribution in [3.8, 4) is 5.75 Å². The lowest BCUT2D eigenvalue weighted by Crippen LogP contribution is -2.49. The first-order chi connectivity index (χ1) is 15.5. The number of methoxy groups -OCH3 is 1. The quantitative estimate of drug-likeness (QED) is 0.726. The van der Waals surface area contributed by atoms with Crippen LogP contribution in [0.4, 0.5) is 0 Å². The number of nitrogens with zero attached hydrogens (tertiary/aromatic N) is 2. The first kappa shape index (κ1) is 22.3. The summed E-state index contributed by atoms with van der Waals surface area (Å²) in [6, 6.07) is 17.5. The molecule has 6 nitrogen and oxygen atoms in total. The highest BCUT2D eigenvalue weighted by atomic mass is 16.5. The Bertz CT molecular complexity index is 916. The van der Waals surface area contributed by atoms with Gasteiger partial charge >= 0.3 is 0 Å². The first-order valence-corrected chi connectivity index (χ1v) is 11.5. The van der Waals surface area contributed by atoms with Crippen molar-refractivity contribution in [1.82, 2.24) is 9.80 Å². The zero-order valence-corrected chi connectivity index (χ0v) is 18.8. The summed E-state index contributed by atoms with van der Waals surface area (Å²) in [5.74, 6) is 1.36. The molecule has 32 heavy (non-hydrogen) atoms. The molecule has 2 aliphatic heterocycles. The fourth-order valence-corrected chi connectivity index (χ4v) is 5.19. The predicted molar refractivity (Wildman–Crippen MR) is 124 cm³/mol. The molecule has 0 aromatic heterocycles. The number of carbonyl (C=O) groups excluding carboxylic acids is 2. The zero-order valence-electron chi connectivity index (χ0n) is 18.8. The number of ether oxygens (including phenoxy) is 1. The maximum absolute atomic E-state index is 13.1. The molecule has 2 heterocycles. The van der Waals surface area contributed by atoms with Crippen LogP contribution in [0.2, 0.25) is 0 Å². The highest BCUT2D eigenvalue weighted by Gasteiger charge is 2.38. The number of hydrogen-bond donors (Lipinski definition) is 1. The first-order valence-electron chi connectivity index (χ1n) is 11.5. The number of likely N-dealkylation sites (tertiary alicyclic amines) is 2. The van der Waals surface area contributed by atoms with E-state index >= 15 is 0 Å². The van der Waals surface area contributed by atoms with Gasteiger partial charge in [0.2, 0.25) is 11.8 Å². The summed E-state index contributed by atoms with van der Waals surface area (Å²) in [6.45, 7) is 3.47. The van der Waals surface area contributed by atoms with Crippen molar-refractivity contribution in [3.63, 3.8) is 0 Å². The molecule has 2 aromatic rings. The molecule has 2 N–H and O–H groups in total. The van der Waals surface area contributed by atoms with E-state index in [9.17, 15) is 9.59 Å². The van der Waals surface area contributed by atoms with E-state index in [1.54, 1.807) is 12.0 Å². The van der Waals surface area contributed by atoms with Gasteiger partial charge in [-0.15, -0.1) is 0 Å². The molecule has 4 rings (SSSR count). The summed E-state index contributed by atoms with van der Waals surface area (Å²) in [4.78, 5) is 29.7. The molecule has 0 saturated carbocycles. The Morgan fingerprint density at radius 1 is 1.03 bits per heavy atom. The van der Waals surface area contributed by atoms with Crippen LogP contribution in [0.25, 0.3) is 0 Å². The van der Waals surface area contributed by atoms with E-state index < -0.39 is 11.9 Å². The number of fused-ring (bicyclic) bond motifs is 1. The Hall–Kier alpha value is -2.86. The molecule has 2 fully saturated rings. The van der Waals surface area contributed by atoms with Gasteiger partial charge in [0, 0.05) is 32.5 Å². The number of carbonyl (C=O) groups is 2. The van der Waals surface area contributed by atoms with Crippen molar-refractivity contribution in [1.29, 1.82) is 0 Å². The van der Waals surface area contributed by atoms with Gasteiger partial charge in [-0.25, -0.2) is 0 Å².